The number of hydrogen-bond acceptors (Lipinski definition) is 5. The lowest BCUT2D eigenvalue weighted by Gasteiger charge is -2.32. The smallest absolute Gasteiger partial charge is 0.410 e. The Kier molecular flexibility index (Phi) is 7.59. The molecule has 1 fully saturated rings. The Morgan fingerprint density at radius 1 is 1.15 bits per heavy atom. The topological polar surface area (TPSA) is 76.2 Å². The molecule has 0 aromatic heterocycles. The van der Waals surface area contributed by atoms with Gasteiger partial charge in [-0.25, -0.2) is 4.79 Å². The number of rotatable bonds is 6. The van der Waals surface area contributed by atoms with E-state index < -0.39 is 0 Å². The van der Waals surface area contributed by atoms with Gasteiger partial charge in [-0.2, -0.15) is 0 Å². The van der Waals surface area contributed by atoms with Gasteiger partial charge in [0.2, 0.25) is 11.8 Å². The Morgan fingerprint density at radius 3 is 2.38 bits per heavy atom. The number of piperidine rings is 1. The van der Waals surface area contributed by atoms with E-state index in [0.717, 1.165) is 5.56 Å². The van der Waals surface area contributed by atoms with Crippen LogP contribution in [0.4, 0.5) is 4.79 Å². The summed E-state index contributed by atoms with van der Waals surface area (Å²) in [6.45, 7) is 3.07. The molecular formula is C19H26N2O5. The minimum absolute atomic E-state index is 0.188. The SMILES string of the molecule is COCCN(C(C)=O)C(=O)C1CCN(C(=O)OCc2ccccc2)CC1. The summed E-state index contributed by atoms with van der Waals surface area (Å²) in [5.41, 5.74) is 0.932. The first kappa shape index (κ1) is 19.9. The van der Waals surface area contributed by atoms with Gasteiger partial charge >= 0.3 is 6.09 Å². The van der Waals surface area contributed by atoms with Crippen LogP contribution in [-0.4, -0.2) is 61.1 Å². The number of carbonyl (C=O) groups excluding carboxylic acids is 3. The molecule has 0 N–H and O–H groups in total. The fourth-order valence-corrected chi connectivity index (χ4v) is 2.95. The minimum atomic E-state index is -0.373. The molecule has 1 aromatic carbocycles. The average Bonchev–Trinajstić information content (AvgIpc) is 2.67. The molecule has 1 aliphatic rings. The van der Waals surface area contributed by atoms with Gasteiger partial charge in [0, 0.05) is 33.0 Å². The number of imide groups is 1. The molecule has 7 nitrogen and oxygen atoms in total. The summed E-state index contributed by atoms with van der Waals surface area (Å²) in [5.74, 6) is -0.725. The summed E-state index contributed by atoms with van der Waals surface area (Å²) in [7, 11) is 1.53. The van der Waals surface area contributed by atoms with Crippen LogP contribution in [0.25, 0.3) is 0 Å². The van der Waals surface area contributed by atoms with Crippen LogP contribution in [-0.2, 0) is 25.7 Å². The van der Waals surface area contributed by atoms with E-state index in [4.69, 9.17) is 9.47 Å². The predicted molar refractivity (Wildman–Crippen MR) is 95.2 cm³/mol. The molecule has 7 heteroatoms. The maximum atomic E-state index is 12.5. The van der Waals surface area contributed by atoms with Crippen molar-refractivity contribution in [2.24, 2.45) is 5.92 Å². The number of carbonyl (C=O) groups is 3. The highest BCUT2D eigenvalue weighted by atomic mass is 16.6. The zero-order valence-corrected chi connectivity index (χ0v) is 15.3. The summed E-state index contributed by atoms with van der Waals surface area (Å²) < 4.78 is 10.3. The highest BCUT2D eigenvalue weighted by Gasteiger charge is 2.32. The number of nitrogens with zero attached hydrogens (tertiary/aromatic N) is 2. The molecule has 0 unspecified atom stereocenters. The van der Waals surface area contributed by atoms with Crippen LogP contribution < -0.4 is 0 Å². The van der Waals surface area contributed by atoms with Crippen molar-refractivity contribution in [1.29, 1.82) is 0 Å². The van der Waals surface area contributed by atoms with Gasteiger partial charge in [-0.05, 0) is 18.4 Å². The highest BCUT2D eigenvalue weighted by Crippen LogP contribution is 2.20. The lowest BCUT2D eigenvalue weighted by Crippen LogP contribution is -2.46. The normalized spacial score (nSPS) is 14.8. The third-order valence-corrected chi connectivity index (χ3v) is 4.47. The van der Waals surface area contributed by atoms with E-state index in [2.05, 4.69) is 0 Å². The Morgan fingerprint density at radius 2 is 1.81 bits per heavy atom. The van der Waals surface area contributed by atoms with E-state index in [1.54, 1.807) is 4.90 Å². The largest absolute Gasteiger partial charge is 0.445 e. The molecule has 1 heterocycles. The van der Waals surface area contributed by atoms with Gasteiger partial charge in [0.1, 0.15) is 6.61 Å². The van der Waals surface area contributed by atoms with Gasteiger partial charge in [-0.15, -0.1) is 0 Å². The quantitative estimate of drug-likeness (QED) is 0.774. The second-order valence-corrected chi connectivity index (χ2v) is 6.30. The molecule has 142 valence electrons. The molecular weight excluding hydrogens is 336 g/mol. The van der Waals surface area contributed by atoms with Crippen LogP contribution in [0.1, 0.15) is 25.3 Å². The fourth-order valence-electron chi connectivity index (χ4n) is 2.95. The molecule has 0 atom stereocenters. The van der Waals surface area contributed by atoms with E-state index in [-0.39, 0.29) is 37.0 Å². The van der Waals surface area contributed by atoms with Crippen molar-refractivity contribution in [3.05, 3.63) is 35.9 Å². The van der Waals surface area contributed by atoms with E-state index in [9.17, 15) is 14.4 Å². The van der Waals surface area contributed by atoms with E-state index >= 15 is 0 Å². The molecule has 1 saturated heterocycles. The Hall–Kier alpha value is -2.41. The van der Waals surface area contributed by atoms with Crippen molar-refractivity contribution in [3.8, 4) is 0 Å². The van der Waals surface area contributed by atoms with Crippen molar-refractivity contribution < 1.29 is 23.9 Å². The predicted octanol–water partition coefficient (Wildman–Crippen LogP) is 2.06. The van der Waals surface area contributed by atoms with Gasteiger partial charge in [-0.1, -0.05) is 30.3 Å². The average molecular weight is 362 g/mol. The standard InChI is InChI=1S/C19H26N2O5/c1-15(22)21(12-13-25-2)18(23)17-8-10-20(11-9-17)19(24)26-14-16-6-4-3-5-7-16/h3-7,17H,8-14H2,1-2H3. The van der Waals surface area contributed by atoms with Crippen molar-refractivity contribution in [2.45, 2.75) is 26.4 Å². The summed E-state index contributed by atoms with van der Waals surface area (Å²) in [6, 6.07) is 9.49. The number of amides is 3. The van der Waals surface area contributed by atoms with E-state index in [0.29, 0.717) is 32.5 Å². The van der Waals surface area contributed by atoms with Gasteiger partial charge in [0.25, 0.3) is 0 Å². The second kappa shape index (κ2) is 9.91. The van der Waals surface area contributed by atoms with Crippen molar-refractivity contribution in [2.75, 3.05) is 33.4 Å². The zero-order chi connectivity index (χ0) is 18.9. The van der Waals surface area contributed by atoms with Crippen molar-refractivity contribution in [3.63, 3.8) is 0 Å². The van der Waals surface area contributed by atoms with Crippen LogP contribution >= 0.6 is 0 Å². The van der Waals surface area contributed by atoms with Crippen molar-refractivity contribution in [1.82, 2.24) is 9.80 Å². The molecule has 0 aliphatic carbocycles. The van der Waals surface area contributed by atoms with Gasteiger partial charge in [-0.3, -0.25) is 14.5 Å². The summed E-state index contributed by atoms with van der Waals surface area (Å²) >= 11 is 0. The molecule has 1 aliphatic heterocycles. The summed E-state index contributed by atoms with van der Waals surface area (Å²) in [6.07, 6.45) is 0.675. The molecule has 2 rings (SSSR count). The van der Waals surface area contributed by atoms with Crippen LogP contribution in [0.15, 0.2) is 30.3 Å². The van der Waals surface area contributed by atoms with Gasteiger partial charge < -0.3 is 14.4 Å². The molecule has 26 heavy (non-hydrogen) atoms. The fraction of sp³-hybridized carbons (Fsp3) is 0.526. The van der Waals surface area contributed by atoms with E-state index in [1.165, 1.54) is 18.9 Å². The molecule has 0 spiro atoms. The third kappa shape index (κ3) is 5.56. The Bertz CT molecular complexity index is 612. The second-order valence-electron chi connectivity index (χ2n) is 6.30. The molecule has 0 saturated carbocycles. The highest BCUT2D eigenvalue weighted by molar-refractivity contribution is 5.95. The Labute approximate surface area is 153 Å². The monoisotopic (exact) mass is 362 g/mol. The van der Waals surface area contributed by atoms with Gasteiger partial charge in [0.05, 0.1) is 13.2 Å². The number of benzene rings is 1. The first-order valence-corrected chi connectivity index (χ1v) is 8.79. The van der Waals surface area contributed by atoms with Crippen LogP contribution in [0.2, 0.25) is 0 Å². The zero-order valence-electron chi connectivity index (χ0n) is 15.3. The molecule has 0 bridgehead atoms. The van der Waals surface area contributed by atoms with Crippen molar-refractivity contribution >= 4 is 17.9 Å². The lowest BCUT2D eigenvalue weighted by atomic mass is 9.95. The minimum Gasteiger partial charge on any atom is -0.445 e. The molecule has 3 amide bonds. The number of ether oxygens (including phenoxy) is 2. The van der Waals surface area contributed by atoms with Crippen LogP contribution in [0.5, 0.6) is 0 Å². The number of methoxy groups -OCH3 is 1. The maximum Gasteiger partial charge on any atom is 0.410 e. The Balaban J connectivity index is 1.80. The lowest BCUT2D eigenvalue weighted by molar-refractivity contribution is -0.148. The van der Waals surface area contributed by atoms with Crippen LogP contribution in [0, 0.1) is 5.92 Å². The maximum absolute atomic E-state index is 12.5. The molecule has 0 radical (unpaired) electrons. The van der Waals surface area contributed by atoms with Crippen LogP contribution in [0.3, 0.4) is 0 Å². The van der Waals surface area contributed by atoms with Gasteiger partial charge in [0.15, 0.2) is 0 Å². The summed E-state index contributed by atoms with van der Waals surface area (Å²) in [4.78, 5) is 39.3. The summed E-state index contributed by atoms with van der Waals surface area (Å²) in [5, 5.41) is 0. The first-order chi connectivity index (χ1) is 12.5. The number of likely N-dealkylation sites (tertiary alicyclic amines) is 1. The third-order valence-electron chi connectivity index (χ3n) is 4.47. The van der Waals surface area contributed by atoms with E-state index in [1.807, 2.05) is 30.3 Å². The first-order valence-electron chi connectivity index (χ1n) is 8.79. The molecule has 1 aromatic rings. The number of hydrogen-bond donors (Lipinski definition) is 0.